The molecule has 0 bridgehead atoms. The number of hydrogen-bond acceptors (Lipinski definition) is 3. The smallest absolute Gasteiger partial charge is 0.147 e. The summed E-state index contributed by atoms with van der Waals surface area (Å²) in [6.07, 6.45) is 2.43. The fourth-order valence-corrected chi connectivity index (χ4v) is 3.98. The van der Waals surface area contributed by atoms with Crippen LogP contribution in [0.25, 0.3) is 0 Å². The fourth-order valence-electron chi connectivity index (χ4n) is 3.06. The number of thioether (sulfide) groups is 1. The summed E-state index contributed by atoms with van der Waals surface area (Å²) in [7, 11) is 0. The molecule has 3 heteroatoms. The summed E-state index contributed by atoms with van der Waals surface area (Å²) in [4.78, 5) is 18.1. The Morgan fingerprint density at radius 3 is 2.60 bits per heavy atom. The first-order valence-electron chi connectivity index (χ1n) is 8.58. The molecule has 0 fully saturated rings. The van der Waals surface area contributed by atoms with Crippen molar-refractivity contribution in [3.8, 4) is 0 Å². The van der Waals surface area contributed by atoms with Crippen LogP contribution < -0.4 is 0 Å². The number of allylic oxidation sites excluding steroid dienone is 1. The van der Waals surface area contributed by atoms with E-state index >= 15 is 0 Å². The van der Waals surface area contributed by atoms with Crippen LogP contribution in [0.15, 0.2) is 64.6 Å². The maximum Gasteiger partial charge on any atom is 0.147 e. The topological polar surface area (TPSA) is 29.4 Å². The van der Waals surface area contributed by atoms with Crippen molar-refractivity contribution in [3.63, 3.8) is 0 Å². The lowest BCUT2D eigenvalue weighted by Gasteiger charge is -2.12. The van der Waals surface area contributed by atoms with Crippen molar-refractivity contribution in [2.75, 3.05) is 5.75 Å². The van der Waals surface area contributed by atoms with Crippen LogP contribution in [0.2, 0.25) is 0 Å². The molecule has 2 aromatic carbocycles. The molecule has 0 saturated carbocycles. The second-order valence-electron chi connectivity index (χ2n) is 6.57. The summed E-state index contributed by atoms with van der Waals surface area (Å²) in [6.45, 7) is 6.31. The van der Waals surface area contributed by atoms with Gasteiger partial charge in [-0.3, -0.25) is 9.79 Å². The molecule has 2 aromatic rings. The van der Waals surface area contributed by atoms with Crippen molar-refractivity contribution in [2.24, 2.45) is 10.9 Å². The van der Waals surface area contributed by atoms with E-state index in [1.807, 2.05) is 24.4 Å². The molecule has 0 amide bonds. The molecule has 0 radical (unpaired) electrons. The molecule has 0 saturated heterocycles. The summed E-state index contributed by atoms with van der Waals surface area (Å²) in [5, 5.41) is 0. The molecule has 25 heavy (non-hydrogen) atoms. The van der Waals surface area contributed by atoms with E-state index in [0.29, 0.717) is 12.2 Å². The second-order valence-corrected chi connectivity index (χ2v) is 7.62. The van der Waals surface area contributed by atoms with Crippen molar-refractivity contribution in [1.29, 1.82) is 0 Å². The molecule has 0 aliphatic carbocycles. The van der Waals surface area contributed by atoms with E-state index in [0.717, 1.165) is 16.8 Å². The van der Waals surface area contributed by atoms with Gasteiger partial charge in [0.2, 0.25) is 0 Å². The van der Waals surface area contributed by atoms with Crippen molar-refractivity contribution < 1.29 is 4.79 Å². The van der Waals surface area contributed by atoms with Gasteiger partial charge in [0.05, 0.1) is 11.5 Å². The minimum Gasteiger partial charge on any atom is -0.298 e. The number of ketones is 1. The molecule has 0 N–H and O–H groups in total. The Morgan fingerprint density at radius 1 is 1.12 bits per heavy atom. The molecular weight excluding hydrogens is 326 g/mol. The predicted octanol–water partition coefficient (Wildman–Crippen LogP) is 5.13. The zero-order chi connectivity index (χ0) is 17.8. The van der Waals surface area contributed by atoms with Crippen LogP contribution in [0.5, 0.6) is 0 Å². The van der Waals surface area contributed by atoms with E-state index in [1.54, 1.807) is 11.8 Å². The number of benzene rings is 2. The zero-order valence-corrected chi connectivity index (χ0v) is 15.8. The normalized spacial score (nSPS) is 16.5. The number of aliphatic imine (C=N–C) groups is 1. The van der Waals surface area contributed by atoms with Gasteiger partial charge in [0, 0.05) is 23.4 Å². The zero-order valence-electron chi connectivity index (χ0n) is 15.0. The fraction of sp³-hybridized carbons (Fsp3) is 0.273. The number of carbonyl (C=O) groups excluding carboxylic acids is 1. The third-order valence-electron chi connectivity index (χ3n) is 4.52. The Morgan fingerprint density at radius 2 is 1.88 bits per heavy atom. The minimum atomic E-state index is 0.251. The summed E-state index contributed by atoms with van der Waals surface area (Å²) in [5.41, 5.74) is 5.80. The van der Waals surface area contributed by atoms with Crippen molar-refractivity contribution in [1.82, 2.24) is 0 Å². The standard InChI is InChI=1S/C22H23NOS/c1-15-9-10-19(16(2)11-15)12-20(24)14-25-21-13-23-22(17(21)3)18-7-5-4-6-8-18/h4-11,13,17H,12,14H2,1-3H3. The van der Waals surface area contributed by atoms with E-state index in [-0.39, 0.29) is 11.7 Å². The van der Waals surface area contributed by atoms with Crippen LogP contribution in [0, 0.1) is 19.8 Å². The Balaban J connectivity index is 1.55. The SMILES string of the molecule is Cc1ccc(CC(=O)CSC2=CN=C(c3ccccc3)C2C)c(C)c1. The highest BCUT2D eigenvalue weighted by Gasteiger charge is 2.22. The van der Waals surface area contributed by atoms with Crippen molar-refractivity contribution >= 4 is 23.3 Å². The summed E-state index contributed by atoms with van der Waals surface area (Å²) in [6, 6.07) is 16.5. The lowest BCUT2D eigenvalue weighted by atomic mass is 10.00. The van der Waals surface area contributed by atoms with E-state index in [4.69, 9.17) is 0 Å². The van der Waals surface area contributed by atoms with Gasteiger partial charge < -0.3 is 0 Å². The molecule has 0 spiro atoms. The van der Waals surface area contributed by atoms with E-state index < -0.39 is 0 Å². The number of Topliss-reactive ketones (excluding diaryl/α,β-unsaturated/α-hetero) is 1. The highest BCUT2D eigenvalue weighted by molar-refractivity contribution is 8.03. The molecule has 1 heterocycles. The number of aryl methyl sites for hydroxylation is 2. The van der Waals surface area contributed by atoms with Crippen LogP contribution in [0.4, 0.5) is 0 Å². The molecule has 0 aromatic heterocycles. The van der Waals surface area contributed by atoms with Crippen LogP contribution >= 0.6 is 11.8 Å². The molecule has 1 aliphatic heterocycles. The molecule has 128 valence electrons. The number of rotatable bonds is 6. The molecule has 3 rings (SSSR count). The third-order valence-corrected chi connectivity index (χ3v) is 5.78. The van der Waals surface area contributed by atoms with Crippen LogP contribution in [0.3, 0.4) is 0 Å². The predicted molar refractivity (Wildman–Crippen MR) is 107 cm³/mol. The molecule has 1 atom stereocenters. The Bertz CT molecular complexity index is 836. The minimum absolute atomic E-state index is 0.251. The molecule has 2 nitrogen and oxygen atoms in total. The van der Waals surface area contributed by atoms with Gasteiger partial charge in [0.25, 0.3) is 0 Å². The van der Waals surface area contributed by atoms with Gasteiger partial charge in [0.1, 0.15) is 5.78 Å². The molecular formula is C22H23NOS. The van der Waals surface area contributed by atoms with Crippen LogP contribution in [-0.4, -0.2) is 17.2 Å². The van der Waals surface area contributed by atoms with Gasteiger partial charge in [-0.15, -0.1) is 11.8 Å². The lowest BCUT2D eigenvalue weighted by Crippen LogP contribution is -2.12. The number of carbonyl (C=O) groups is 1. The van der Waals surface area contributed by atoms with Gasteiger partial charge >= 0.3 is 0 Å². The highest BCUT2D eigenvalue weighted by Crippen LogP contribution is 2.32. The average molecular weight is 349 g/mol. The monoisotopic (exact) mass is 349 g/mol. The van der Waals surface area contributed by atoms with Crippen LogP contribution in [0.1, 0.15) is 29.2 Å². The lowest BCUT2D eigenvalue weighted by molar-refractivity contribution is -0.116. The van der Waals surface area contributed by atoms with Gasteiger partial charge in [-0.2, -0.15) is 0 Å². The van der Waals surface area contributed by atoms with Crippen molar-refractivity contribution in [2.45, 2.75) is 27.2 Å². The van der Waals surface area contributed by atoms with Gasteiger partial charge in [-0.05, 0) is 30.5 Å². The summed E-state index contributed by atoms with van der Waals surface area (Å²) < 4.78 is 0. The molecule has 1 unspecified atom stereocenters. The molecule has 1 aliphatic rings. The van der Waals surface area contributed by atoms with Gasteiger partial charge in [-0.25, -0.2) is 0 Å². The quantitative estimate of drug-likeness (QED) is 0.723. The summed E-state index contributed by atoms with van der Waals surface area (Å²) in [5.74, 6) is 1.01. The highest BCUT2D eigenvalue weighted by atomic mass is 32.2. The van der Waals surface area contributed by atoms with E-state index in [1.165, 1.54) is 16.0 Å². The average Bonchev–Trinajstić information content (AvgIpc) is 2.97. The maximum absolute atomic E-state index is 12.4. The first-order valence-corrected chi connectivity index (χ1v) is 9.57. The van der Waals surface area contributed by atoms with Gasteiger partial charge in [-0.1, -0.05) is 61.0 Å². The van der Waals surface area contributed by atoms with E-state index in [2.05, 4.69) is 56.1 Å². The van der Waals surface area contributed by atoms with Crippen LogP contribution in [-0.2, 0) is 11.2 Å². The first-order chi connectivity index (χ1) is 12.0. The first kappa shape index (κ1) is 17.7. The Kier molecular flexibility index (Phi) is 5.54. The Labute approximate surface area is 154 Å². The van der Waals surface area contributed by atoms with Gasteiger partial charge in [0.15, 0.2) is 0 Å². The maximum atomic E-state index is 12.4. The van der Waals surface area contributed by atoms with E-state index in [9.17, 15) is 4.79 Å². The Hall–Kier alpha value is -2.13. The number of hydrogen-bond donors (Lipinski definition) is 0. The largest absolute Gasteiger partial charge is 0.298 e. The summed E-state index contributed by atoms with van der Waals surface area (Å²) >= 11 is 1.62. The third kappa shape index (κ3) is 4.29. The second kappa shape index (κ2) is 7.83. The number of nitrogens with zero attached hydrogens (tertiary/aromatic N) is 1. The van der Waals surface area contributed by atoms with Crippen molar-refractivity contribution in [3.05, 3.63) is 81.9 Å².